The highest BCUT2D eigenvalue weighted by Gasteiger charge is 2.28. The van der Waals surface area contributed by atoms with Gasteiger partial charge in [0.2, 0.25) is 0 Å². The summed E-state index contributed by atoms with van der Waals surface area (Å²) in [6.45, 7) is 11.6. The van der Waals surface area contributed by atoms with Gasteiger partial charge in [-0.25, -0.2) is 0 Å². The fourth-order valence-corrected chi connectivity index (χ4v) is 1.26. The normalized spacial score (nSPS) is 29.1. The van der Waals surface area contributed by atoms with Gasteiger partial charge in [0, 0.05) is 0 Å². The third-order valence-corrected chi connectivity index (χ3v) is 1.60. The van der Waals surface area contributed by atoms with Crippen molar-refractivity contribution in [2.24, 2.45) is 5.41 Å². The molecule has 1 aliphatic heterocycles. The van der Waals surface area contributed by atoms with Crippen LogP contribution in [0.2, 0.25) is 0 Å². The second kappa shape index (κ2) is 3.97. The van der Waals surface area contributed by atoms with E-state index in [4.69, 9.17) is 4.74 Å². The van der Waals surface area contributed by atoms with Gasteiger partial charge in [-0.1, -0.05) is 27.7 Å². The highest BCUT2D eigenvalue weighted by Crippen LogP contribution is 2.30. The fraction of sp³-hybridized carbons (Fsp3) is 1.00. The lowest BCUT2D eigenvalue weighted by Gasteiger charge is -2.12. The monoisotopic (exact) mass is 144 g/mol. The molecule has 0 radical (unpaired) electrons. The number of ether oxygens (including phenoxy) is 1. The number of rotatable bonds is 0. The van der Waals surface area contributed by atoms with Crippen molar-refractivity contribution < 1.29 is 4.74 Å². The molecule has 1 saturated heterocycles. The molecule has 0 aromatic heterocycles. The van der Waals surface area contributed by atoms with Crippen LogP contribution in [0.25, 0.3) is 0 Å². The zero-order valence-electron chi connectivity index (χ0n) is 7.90. The van der Waals surface area contributed by atoms with Gasteiger partial charge in [-0.05, 0) is 18.8 Å². The van der Waals surface area contributed by atoms with Crippen molar-refractivity contribution in [3.8, 4) is 0 Å². The van der Waals surface area contributed by atoms with Crippen LogP contribution in [0, 0.1) is 5.41 Å². The second-order valence-corrected chi connectivity index (χ2v) is 3.49. The van der Waals surface area contributed by atoms with E-state index in [-0.39, 0.29) is 0 Å². The molecule has 0 N–H and O–H groups in total. The Hall–Kier alpha value is -0.0400. The number of hydrogen-bond acceptors (Lipinski definition) is 1. The Morgan fingerprint density at radius 1 is 1.30 bits per heavy atom. The van der Waals surface area contributed by atoms with Crippen molar-refractivity contribution in [1.82, 2.24) is 0 Å². The van der Waals surface area contributed by atoms with Crippen LogP contribution in [0.5, 0.6) is 0 Å². The van der Waals surface area contributed by atoms with Crippen LogP contribution in [-0.2, 0) is 4.74 Å². The summed E-state index contributed by atoms with van der Waals surface area (Å²) in [6.07, 6.45) is 1.71. The van der Waals surface area contributed by atoms with Crippen molar-refractivity contribution in [3.63, 3.8) is 0 Å². The molecule has 1 heterocycles. The lowest BCUT2D eigenvalue weighted by atomic mass is 9.91. The van der Waals surface area contributed by atoms with Gasteiger partial charge in [0.25, 0.3) is 0 Å². The third kappa shape index (κ3) is 3.21. The SMILES string of the molecule is CC.C[C@H]1CC(C)(C)CO1. The molecule has 1 fully saturated rings. The maximum Gasteiger partial charge on any atom is 0.0553 e. The zero-order valence-corrected chi connectivity index (χ0v) is 7.90. The van der Waals surface area contributed by atoms with Gasteiger partial charge in [0.1, 0.15) is 0 Å². The van der Waals surface area contributed by atoms with Crippen molar-refractivity contribution in [2.75, 3.05) is 6.61 Å². The third-order valence-electron chi connectivity index (χ3n) is 1.60. The molecule has 0 spiro atoms. The average Bonchev–Trinajstić information content (AvgIpc) is 2.15. The Bertz CT molecular complexity index is 86.7. The van der Waals surface area contributed by atoms with Crippen LogP contribution in [-0.4, -0.2) is 12.7 Å². The Kier molecular flexibility index (Phi) is 3.95. The molecule has 10 heavy (non-hydrogen) atoms. The Labute approximate surface area is 64.8 Å². The highest BCUT2D eigenvalue weighted by molar-refractivity contribution is 4.77. The van der Waals surface area contributed by atoms with Gasteiger partial charge in [0.05, 0.1) is 12.7 Å². The minimum absolute atomic E-state index is 0.444. The fourth-order valence-electron chi connectivity index (χ4n) is 1.26. The van der Waals surface area contributed by atoms with Gasteiger partial charge >= 0.3 is 0 Å². The first-order chi connectivity index (χ1) is 4.60. The molecular formula is C9H20O. The average molecular weight is 144 g/mol. The summed E-state index contributed by atoms with van der Waals surface area (Å²) >= 11 is 0. The molecule has 0 bridgehead atoms. The lowest BCUT2D eigenvalue weighted by molar-refractivity contribution is 0.112. The molecule has 0 unspecified atom stereocenters. The minimum atomic E-state index is 0.444. The molecule has 0 saturated carbocycles. The van der Waals surface area contributed by atoms with E-state index in [2.05, 4.69) is 20.8 Å². The summed E-state index contributed by atoms with van der Waals surface area (Å²) < 4.78 is 5.37. The minimum Gasteiger partial charge on any atom is -0.378 e. The van der Waals surface area contributed by atoms with E-state index in [0.717, 1.165) is 6.61 Å². The first kappa shape index (κ1) is 9.96. The molecule has 1 atom stereocenters. The van der Waals surface area contributed by atoms with Crippen molar-refractivity contribution in [2.45, 2.75) is 47.1 Å². The Balaban J connectivity index is 0.000000371. The molecule has 0 amide bonds. The first-order valence-electron chi connectivity index (χ1n) is 4.22. The molecule has 0 aromatic rings. The van der Waals surface area contributed by atoms with E-state index >= 15 is 0 Å². The lowest BCUT2D eigenvalue weighted by Crippen LogP contribution is -2.09. The summed E-state index contributed by atoms with van der Waals surface area (Å²) in [5.41, 5.74) is 0.444. The summed E-state index contributed by atoms with van der Waals surface area (Å²) in [5.74, 6) is 0. The zero-order chi connectivity index (χ0) is 8.20. The molecule has 0 aromatic carbocycles. The van der Waals surface area contributed by atoms with Crippen LogP contribution in [0.4, 0.5) is 0 Å². The molecular weight excluding hydrogens is 124 g/mol. The van der Waals surface area contributed by atoms with Crippen LogP contribution in [0.1, 0.15) is 41.0 Å². The Morgan fingerprint density at radius 3 is 1.90 bits per heavy atom. The molecule has 1 nitrogen and oxygen atoms in total. The Morgan fingerprint density at radius 2 is 1.80 bits per heavy atom. The summed E-state index contributed by atoms with van der Waals surface area (Å²) in [6, 6.07) is 0. The van der Waals surface area contributed by atoms with Crippen LogP contribution in [0.3, 0.4) is 0 Å². The van der Waals surface area contributed by atoms with Gasteiger partial charge in [0.15, 0.2) is 0 Å². The van der Waals surface area contributed by atoms with Crippen LogP contribution < -0.4 is 0 Å². The van der Waals surface area contributed by atoms with Crippen molar-refractivity contribution in [1.29, 1.82) is 0 Å². The van der Waals surface area contributed by atoms with E-state index in [1.54, 1.807) is 0 Å². The van der Waals surface area contributed by atoms with Crippen molar-refractivity contribution in [3.05, 3.63) is 0 Å². The summed E-state index contributed by atoms with van der Waals surface area (Å²) in [7, 11) is 0. The predicted molar refractivity (Wildman–Crippen MR) is 45.2 cm³/mol. The van der Waals surface area contributed by atoms with Gasteiger partial charge in [-0.3, -0.25) is 0 Å². The molecule has 1 aliphatic rings. The first-order valence-corrected chi connectivity index (χ1v) is 4.22. The van der Waals surface area contributed by atoms with Gasteiger partial charge in [-0.15, -0.1) is 0 Å². The smallest absolute Gasteiger partial charge is 0.0553 e. The number of hydrogen-bond donors (Lipinski definition) is 0. The van der Waals surface area contributed by atoms with E-state index in [1.165, 1.54) is 6.42 Å². The van der Waals surface area contributed by atoms with Crippen LogP contribution in [0.15, 0.2) is 0 Å². The summed E-state index contributed by atoms with van der Waals surface area (Å²) in [5, 5.41) is 0. The van der Waals surface area contributed by atoms with Crippen LogP contribution >= 0.6 is 0 Å². The molecule has 1 rings (SSSR count). The topological polar surface area (TPSA) is 9.23 Å². The van der Waals surface area contributed by atoms with E-state index < -0.39 is 0 Å². The van der Waals surface area contributed by atoms with E-state index in [1.807, 2.05) is 13.8 Å². The van der Waals surface area contributed by atoms with Crippen molar-refractivity contribution >= 4 is 0 Å². The molecule has 1 heteroatoms. The standard InChI is InChI=1S/C7H14O.C2H6/c1-6-4-7(2,3)5-8-6;1-2/h6H,4-5H2,1-3H3;1-2H3/t6-;/m0./s1. The maximum absolute atomic E-state index is 5.37. The summed E-state index contributed by atoms with van der Waals surface area (Å²) in [4.78, 5) is 0. The van der Waals surface area contributed by atoms with E-state index in [9.17, 15) is 0 Å². The van der Waals surface area contributed by atoms with Gasteiger partial charge in [-0.2, -0.15) is 0 Å². The second-order valence-electron chi connectivity index (χ2n) is 3.49. The largest absolute Gasteiger partial charge is 0.378 e. The van der Waals surface area contributed by atoms with Gasteiger partial charge < -0.3 is 4.74 Å². The molecule has 62 valence electrons. The molecule has 0 aliphatic carbocycles. The predicted octanol–water partition coefficient (Wildman–Crippen LogP) is 2.85. The quantitative estimate of drug-likeness (QED) is 0.508. The maximum atomic E-state index is 5.37. The van der Waals surface area contributed by atoms with E-state index in [0.29, 0.717) is 11.5 Å². The highest BCUT2D eigenvalue weighted by atomic mass is 16.5.